The molecule has 172 valence electrons. The van der Waals surface area contributed by atoms with Gasteiger partial charge < -0.3 is 15.6 Å². The average molecular weight is 485 g/mol. The molecule has 4 atom stereocenters. The summed E-state index contributed by atoms with van der Waals surface area (Å²) >= 11 is 12.0. The van der Waals surface area contributed by atoms with E-state index in [-0.39, 0.29) is 27.1 Å². The van der Waals surface area contributed by atoms with E-state index in [1.807, 2.05) is 0 Å². The fourth-order valence-electron chi connectivity index (χ4n) is 5.13. The Kier molecular flexibility index (Phi) is 6.75. The largest absolute Gasteiger partial charge is 0.480 e. The SMILES string of the molecule is N[C@]1(c2ccc(Cl)cc2F)C(CC2CCOCC2)N[C@@H](C(=O)O)[C@@H]1c1cccc(Cl)c1F. The van der Waals surface area contributed by atoms with Gasteiger partial charge in [0.25, 0.3) is 0 Å². The normalized spacial score (nSPS) is 28.7. The molecule has 4 N–H and O–H groups in total. The molecule has 0 aliphatic carbocycles. The molecule has 0 bridgehead atoms. The third-order valence-electron chi connectivity index (χ3n) is 6.70. The Morgan fingerprint density at radius 2 is 1.94 bits per heavy atom. The summed E-state index contributed by atoms with van der Waals surface area (Å²) in [5, 5.41) is 13.1. The quantitative estimate of drug-likeness (QED) is 0.583. The van der Waals surface area contributed by atoms with E-state index < -0.39 is 41.1 Å². The van der Waals surface area contributed by atoms with Crippen LogP contribution in [-0.2, 0) is 15.1 Å². The van der Waals surface area contributed by atoms with Crippen molar-refractivity contribution in [1.82, 2.24) is 5.32 Å². The van der Waals surface area contributed by atoms with Gasteiger partial charge in [-0.25, -0.2) is 8.78 Å². The molecule has 5 nitrogen and oxygen atoms in total. The summed E-state index contributed by atoms with van der Waals surface area (Å²) in [7, 11) is 0. The van der Waals surface area contributed by atoms with Crippen LogP contribution in [0.2, 0.25) is 10.0 Å². The van der Waals surface area contributed by atoms with Crippen LogP contribution in [0.1, 0.15) is 36.3 Å². The van der Waals surface area contributed by atoms with Crippen LogP contribution in [0.4, 0.5) is 8.78 Å². The Morgan fingerprint density at radius 3 is 2.59 bits per heavy atom. The number of carboxylic acids is 1. The molecule has 2 aliphatic rings. The van der Waals surface area contributed by atoms with Crippen molar-refractivity contribution in [3.63, 3.8) is 0 Å². The first-order valence-corrected chi connectivity index (χ1v) is 11.2. The zero-order chi connectivity index (χ0) is 23.0. The first-order chi connectivity index (χ1) is 15.2. The molecule has 2 aromatic rings. The predicted octanol–water partition coefficient (Wildman–Crippen LogP) is 4.45. The lowest BCUT2D eigenvalue weighted by atomic mass is 9.69. The Morgan fingerprint density at radius 1 is 1.22 bits per heavy atom. The number of nitrogens with two attached hydrogens (primary N) is 1. The van der Waals surface area contributed by atoms with E-state index in [1.54, 1.807) is 0 Å². The van der Waals surface area contributed by atoms with Crippen LogP contribution >= 0.6 is 23.2 Å². The number of nitrogens with one attached hydrogen (secondary N) is 1. The molecule has 1 unspecified atom stereocenters. The Labute approximate surface area is 194 Å². The zero-order valence-electron chi connectivity index (χ0n) is 17.2. The summed E-state index contributed by atoms with van der Waals surface area (Å²) in [5.74, 6) is -3.54. The van der Waals surface area contributed by atoms with E-state index in [9.17, 15) is 9.90 Å². The summed E-state index contributed by atoms with van der Waals surface area (Å²) in [4.78, 5) is 12.3. The van der Waals surface area contributed by atoms with E-state index in [1.165, 1.54) is 30.3 Å². The monoisotopic (exact) mass is 484 g/mol. The molecule has 0 aromatic heterocycles. The number of aliphatic carboxylic acids is 1. The molecular weight excluding hydrogens is 461 g/mol. The van der Waals surface area contributed by atoms with Gasteiger partial charge in [-0.05, 0) is 48.9 Å². The molecule has 0 radical (unpaired) electrons. The van der Waals surface area contributed by atoms with Gasteiger partial charge in [0.05, 0.1) is 10.6 Å². The van der Waals surface area contributed by atoms with Crippen molar-refractivity contribution in [1.29, 1.82) is 0 Å². The minimum absolute atomic E-state index is 0.0312. The second kappa shape index (κ2) is 9.23. The molecule has 2 fully saturated rings. The van der Waals surface area contributed by atoms with Crippen molar-refractivity contribution in [3.8, 4) is 0 Å². The first-order valence-electron chi connectivity index (χ1n) is 10.5. The highest BCUT2D eigenvalue weighted by molar-refractivity contribution is 6.31. The maximum Gasteiger partial charge on any atom is 0.321 e. The van der Waals surface area contributed by atoms with Crippen LogP contribution in [0.15, 0.2) is 36.4 Å². The molecule has 0 saturated carbocycles. The molecule has 2 aliphatic heterocycles. The highest BCUT2D eigenvalue weighted by Gasteiger charge is 2.58. The highest BCUT2D eigenvalue weighted by atomic mass is 35.5. The lowest BCUT2D eigenvalue weighted by molar-refractivity contribution is -0.139. The van der Waals surface area contributed by atoms with Crippen molar-refractivity contribution in [3.05, 3.63) is 69.2 Å². The van der Waals surface area contributed by atoms with E-state index in [2.05, 4.69) is 5.32 Å². The number of carboxylic acid groups (broad SMARTS) is 1. The average Bonchev–Trinajstić information content (AvgIpc) is 3.04. The van der Waals surface area contributed by atoms with Crippen molar-refractivity contribution in [2.45, 2.75) is 42.8 Å². The second-order valence-electron chi connectivity index (χ2n) is 8.50. The third kappa shape index (κ3) is 4.13. The van der Waals surface area contributed by atoms with Gasteiger partial charge in [-0.1, -0.05) is 41.4 Å². The molecular formula is C23H24Cl2F2N2O3. The number of hydrogen-bond acceptors (Lipinski definition) is 4. The number of benzene rings is 2. The second-order valence-corrected chi connectivity index (χ2v) is 9.35. The van der Waals surface area contributed by atoms with Crippen LogP contribution in [-0.4, -0.2) is 36.4 Å². The van der Waals surface area contributed by atoms with E-state index >= 15 is 8.78 Å². The standard InChI is InChI=1S/C23H24Cl2F2N2O3/c24-13-4-5-15(17(26)11-13)23(28)18(10-12-6-8-32-9-7-12)29-21(22(30)31)19(23)14-2-1-3-16(25)20(14)27/h1-5,11-12,18-19,21,29H,6-10,28H2,(H,30,31)/t18?,19-,21+,23+/m0/s1. The molecule has 0 amide bonds. The smallest absolute Gasteiger partial charge is 0.321 e. The summed E-state index contributed by atoms with van der Waals surface area (Å²) in [6.45, 7) is 1.19. The lowest BCUT2D eigenvalue weighted by Crippen LogP contribution is -2.52. The van der Waals surface area contributed by atoms with E-state index in [4.69, 9.17) is 33.7 Å². The first kappa shape index (κ1) is 23.4. The minimum atomic E-state index is -1.57. The van der Waals surface area contributed by atoms with Gasteiger partial charge in [0.1, 0.15) is 17.7 Å². The molecule has 2 heterocycles. The molecule has 2 aromatic carbocycles. The predicted molar refractivity (Wildman–Crippen MR) is 118 cm³/mol. The van der Waals surface area contributed by atoms with Gasteiger partial charge in [0, 0.05) is 35.8 Å². The van der Waals surface area contributed by atoms with Crippen LogP contribution in [0.25, 0.3) is 0 Å². The highest BCUT2D eigenvalue weighted by Crippen LogP contribution is 2.49. The van der Waals surface area contributed by atoms with Crippen LogP contribution < -0.4 is 11.1 Å². The Bertz CT molecular complexity index is 1020. The molecule has 2 saturated heterocycles. The van der Waals surface area contributed by atoms with Crippen molar-refractivity contribution < 1.29 is 23.4 Å². The summed E-state index contributed by atoms with van der Waals surface area (Å²) in [5.41, 5.74) is 5.51. The summed E-state index contributed by atoms with van der Waals surface area (Å²) in [6.07, 6.45) is 2.06. The van der Waals surface area contributed by atoms with Gasteiger partial charge in [0.15, 0.2) is 0 Å². The minimum Gasteiger partial charge on any atom is -0.480 e. The molecule has 4 rings (SSSR count). The number of carbonyl (C=O) groups is 1. The molecule has 0 spiro atoms. The van der Waals surface area contributed by atoms with Gasteiger partial charge >= 0.3 is 5.97 Å². The Balaban J connectivity index is 1.88. The summed E-state index contributed by atoms with van der Waals surface area (Å²) in [6, 6.07) is 6.57. The maximum absolute atomic E-state index is 15.2. The zero-order valence-corrected chi connectivity index (χ0v) is 18.7. The fourth-order valence-corrected chi connectivity index (χ4v) is 5.47. The van der Waals surface area contributed by atoms with Gasteiger partial charge in [-0.2, -0.15) is 0 Å². The maximum atomic E-state index is 15.2. The van der Waals surface area contributed by atoms with Crippen molar-refractivity contribution >= 4 is 29.2 Å². The van der Waals surface area contributed by atoms with Crippen LogP contribution in [0.3, 0.4) is 0 Å². The number of rotatable bonds is 5. The van der Waals surface area contributed by atoms with Crippen LogP contribution in [0.5, 0.6) is 0 Å². The van der Waals surface area contributed by atoms with Crippen molar-refractivity contribution in [2.75, 3.05) is 13.2 Å². The van der Waals surface area contributed by atoms with Gasteiger partial charge in [-0.15, -0.1) is 0 Å². The topological polar surface area (TPSA) is 84.6 Å². The number of ether oxygens (including phenoxy) is 1. The summed E-state index contributed by atoms with van der Waals surface area (Å²) < 4.78 is 35.8. The van der Waals surface area contributed by atoms with E-state index in [0.717, 1.165) is 18.9 Å². The number of halogens is 4. The Hall–Kier alpha value is -1.77. The van der Waals surface area contributed by atoms with Crippen LogP contribution in [0, 0.1) is 17.6 Å². The van der Waals surface area contributed by atoms with Gasteiger partial charge in [0.2, 0.25) is 0 Å². The number of hydrogen-bond donors (Lipinski definition) is 3. The van der Waals surface area contributed by atoms with Gasteiger partial charge in [-0.3, -0.25) is 10.1 Å². The third-order valence-corrected chi connectivity index (χ3v) is 7.22. The molecule has 32 heavy (non-hydrogen) atoms. The van der Waals surface area contributed by atoms with Crippen molar-refractivity contribution in [2.24, 2.45) is 11.7 Å². The lowest BCUT2D eigenvalue weighted by Gasteiger charge is -2.39. The molecule has 9 heteroatoms. The fraction of sp³-hybridized carbons (Fsp3) is 0.435. The van der Waals surface area contributed by atoms with E-state index in [0.29, 0.717) is 19.6 Å².